The average Bonchev–Trinajstić information content (AvgIpc) is 2.59. The summed E-state index contributed by atoms with van der Waals surface area (Å²) in [5.74, 6) is 0.0792. The lowest BCUT2D eigenvalue weighted by atomic mass is 10.1. The minimum atomic E-state index is -0.136. The van der Waals surface area contributed by atoms with Gasteiger partial charge in [0.05, 0.1) is 0 Å². The van der Waals surface area contributed by atoms with E-state index >= 15 is 0 Å². The Kier molecular flexibility index (Phi) is 4.64. The van der Waals surface area contributed by atoms with Crippen LogP contribution in [0.1, 0.15) is 18.9 Å². The standard InChI is InChI=1S/C18H21N3O3/c1-13(22)20-8-10-21(11-9-20)17(23)7-6-15-12-14-4-2-3-5-16(14)19-18(15)24/h2-5,12H,6-11H2,1H3,(H,19,24). The first-order chi connectivity index (χ1) is 11.5. The second-order valence-electron chi connectivity index (χ2n) is 6.10. The van der Waals surface area contributed by atoms with E-state index in [4.69, 9.17) is 0 Å². The first-order valence-corrected chi connectivity index (χ1v) is 8.19. The highest BCUT2D eigenvalue weighted by atomic mass is 16.2. The zero-order valence-corrected chi connectivity index (χ0v) is 13.7. The Morgan fingerprint density at radius 2 is 1.75 bits per heavy atom. The molecule has 1 aliphatic heterocycles. The molecule has 0 bridgehead atoms. The predicted molar refractivity (Wildman–Crippen MR) is 91.7 cm³/mol. The molecule has 0 atom stereocenters. The van der Waals surface area contributed by atoms with Gasteiger partial charge in [0.15, 0.2) is 0 Å². The van der Waals surface area contributed by atoms with Gasteiger partial charge in [0.25, 0.3) is 5.56 Å². The van der Waals surface area contributed by atoms with Crippen molar-refractivity contribution in [1.82, 2.24) is 14.8 Å². The number of fused-ring (bicyclic) bond motifs is 1. The minimum absolute atomic E-state index is 0.0331. The Morgan fingerprint density at radius 1 is 1.08 bits per heavy atom. The number of carbonyl (C=O) groups is 2. The molecular weight excluding hydrogens is 306 g/mol. The molecule has 6 heteroatoms. The summed E-state index contributed by atoms with van der Waals surface area (Å²) in [5, 5.41) is 0.967. The number of carbonyl (C=O) groups excluding carboxylic acids is 2. The van der Waals surface area contributed by atoms with E-state index < -0.39 is 0 Å². The number of benzene rings is 1. The number of pyridine rings is 1. The zero-order valence-electron chi connectivity index (χ0n) is 13.7. The summed E-state index contributed by atoms with van der Waals surface area (Å²) in [6.45, 7) is 3.83. The van der Waals surface area contributed by atoms with Crippen molar-refractivity contribution in [2.75, 3.05) is 26.2 Å². The van der Waals surface area contributed by atoms with E-state index in [-0.39, 0.29) is 17.4 Å². The highest BCUT2D eigenvalue weighted by Crippen LogP contribution is 2.12. The molecule has 2 amide bonds. The molecule has 0 spiro atoms. The number of aromatic amines is 1. The van der Waals surface area contributed by atoms with Gasteiger partial charge in [-0.1, -0.05) is 18.2 Å². The highest BCUT2D eigenvalue weighted by molar-refractivity contribution is 5.80. The Bertz CT molecular complexity index is 820. The van der Waals surface area contributed by atoms with Crippen LogP contribution in [0.25, 0.3) is 10.9 Å². The molecule has 0 radical (unpaired) electrons. The number of aryl methyl sites for hydroxylation is 1. The first kappa shape index (κ1) is 16.2. The minimum Gasteiger partial charge on any atom is -0.339 e. The quantitative estimate of drug-likeness (QED) is 0.919. The number of para-hydroxylation sites is 1. The van der Waals surface area contributed by atoms with Crippen molar-refractivity contribution in [3.05, 3.63) is 46.2 Å². The molecule has 6 nitrogen and oxygen atoms in total. The molecule has 2 heterocycles. The largest absolute Gasteiger partial charge is 0.339 e. The van der Waals surface area contributed by atoms with E-state index in [1.165, 1.54) is 0 Å². The average molecular weight is 327 g/mol. The van der Waals surface area contributed by atoms with Crippen LogP contribution in [0.4, 0.5) is 0 Å². The van der Waals surface area contributed by atoms with Gasteiger partial charge >= 0.3 is 0 Å². The molecule has 0 aliphatic carbocycles. The van der Waals surface area contributed by atoms with Crippen molar-refractivity contribution in [2.45, 2.75) is 19.8 Å². The van der Waals surface area contributed by atoms with Crippen molar-refractivity contribution in [2.24, 2.45) is 0 Å². The second kappa shape index (κ2) is 6.86. The molecule has 126 valence electrons. The van der Waals surface area contributed by atoms with Crippen molar-refractivity contribution in [3.63, 3.8) is 0 Å². The lowest BCUT2D eigenvalue weighted by Gasteiger charge is -2.34. The third-order valence-electron chi connectivity index (χ3n) is 4.52. The first-order valence-electron chi connectivity index (χ1n) is 8.19. The van der Waals surface area contributed by atoms with Crippen LogP contribution >= 0.6 is 0 Å². The number of hydrogen-bond acceptors (Lipinski definition) is 3. The topological polar surface area (TPSA) is 73.5 Å². The van der Waals surface area contributed by atoms with Gasteiger partial charge in [-0.15, -0.1) is 0 Å². The molecule has 1 aromatic carbocycles. The van der Waals surface area contributed by atoms with Crippen LogP contribution in [0.5, 0.6) is 0 Å². The van der Waals surface area contributed by atoms with E-state index in [1.807, 2.05) is 30.3 Å². The Hall–Kier alpha value is -2.63. The van der Waals surface area contributed by atoms with Crippen LogP contribution in [-0.2, 0) is 16.0 Å². The van der Waals surface area contributed by atoms with Crippen LogP contribution in [0, 0.1) is 0 Å². The number of aromatic nitrogens is 1. The normalized spacial score (nSPS) is 14.9. The number of hydrogen-bond donors (Lipinski definition) is 1. The lowest BCUT2D eigenvalue weighted by Crippen LogP contribution is -2.50. The Labute approximate surface area is 140 Å². The van der Waals surface area contributed by atoms with Crippen LogP contribution in [-0.4, -0.2) is 52.8 Å². The fourth-order valence-electron chi connectivity index (χ4n) is 3.05. The maximum absolute atomic E-state index is 12.3. The van der Waals surface area contributed by atoms with Crippen LogP contribution in [0.15, 0.2) is 35.1 Å². The summed E-state index contributed by atoms with van der Waals surface area (Å²) in [6, 6.07) is 9.46. The number of nitrogens with zero attached hydrogens (tertiary/aromatic N) is 2. The third-order valence-corrected chi connectivity index (χ3v) is 4.52. The van der Waals surface area contributed by atoms with Gasteiger partial charge < -0.3 is 14.8 Å². The van der Waals surface area contributed by atoms with E-state index in [1.54, 1.807) is 16.7 Å². The van der Waals surface area contributed by atoms with Gasteiger partial charge in [-0.3, -0.25) is 14.4 Å². The molecule has 3 rings (SSSR count). The summed E-state index contributed by atoms with van der Waals surface area (Å²) in [6.07, 6.45) is 0.730. The maximum atomic E-state index is 12.3. The van der Waals surface area contributed by atoms with E-state index in [0.29, 0.717) is 44.6 Å². The molecule has 1 fully saturated rings. The number of amides is 2. The smallest absolute Gasteiger partial charge is 0.251 e. The summed E-state index contributed by atoms with van der Waals surface area (Å²) in [5.41, 5.74) is 1.30. The second-order valence-corrected chi connectivity index (χ2v) is 6.10. The summed E-state index contributed by atoms with van der Waals surface area (Å²) < 4.78 is 0. The fraction of sp³-hybridized carbons (Fsp3) is 0.389. The van der Waals surface area contributed by atoms with Crippen LogP contribution < -0.4 is 5.56 Å². The molecule has 0 unspecified atom stereocenters. The van der Waals surface area contributed by atoms with Gasteiger partial charge in [-0.25, -0.2) is 0 Å². The van der Waals surface area contributed by atoms with Gasteiger partial charge in [0, 0.05) is 50.6 Å². The fourth-order valence-corrected chi connectivity index (χ4v) is 3.05. The molecule has 1 aromatic heterocycles. The van der Waals surface area contributed by atoms with E-state index in [9.17, 15) is 14.4 Å². The van der Waals surface area contributed by atoms with Crippen molar-refractivity contribution in [3.8, 4) is 0 Å². The summed E-state index contributed by atoms with van der Waals surface area (Å²) >= 11 is 0. The SMILES string of the molecule is CC(=O)N1CCN(C(=O)CCc2cc3ccccc3[nH]c2=O)CC1. The zero-order chi connectivity index (χ0) is 17.1. The van der Waals surface area contributed by atoms with Crippen molar-refractivity contribution >= 4 is 22.7 Å². The molecule has 1 N–H and O–H groups in total. The number of H-pyrrole nitrogens is 1. The molecule has 24 heavy (non-hydrogen) atoms. The third kappa shape index (κ3) is 3.48. The highest BCUT2D eigenvalue weighted by Gasteiger charge is 2.22. The molecule has 2 aromatic rings. The van der Waals surface area contributed by atoms with Gasteiger partial charge in [0.1, 0.15) is 0 Å². The number of nitrogens with one attached hydrogen (secondary N) is 1. The van der Waals surface area contributed by atoms with Crippen LogP contribution in [0.3, 0.4) is 0 Å². The summed E-state index contributed by atoms with van der Waals surface area (Å²) in [7, 11) is 0. The molecule has 1 aliphatic rings. The number of piperazine rings is 1. The predicted octanol–water partition coefficient (Wildman–Crippen LogP) is 1.15. The van der Waals surface area contributed by atoms with Crippen molar-refractivity contribution in [1.29, 1.82) is 0 Å². The Morgan fingerprint density at radius 3 is 2.46 bits per heavy atom. The Balaban J connectivity index is 1.62. The van der Waals surface area contributed by atoms with Crippen molar-refractivity contribution < 1.29 is 9.59 Å². The monoisotopic (exact) mass is 327 g/mol. The van der Waals surface area contributed by atoms with E-state index in [0.717, 1.165) is 10.9 Å². The van der Waals surface area contributed by atoms with Gasteiger partial charge in [-0.2, -0.15) is 0 Å². The summed E-state index contributed by atoms with van der Waals surface area (Å²) in [4.78, 5) is 42.1. The molecule has 1 saturated heterocycles. The molecule has 0 saturated carbocycles. The maximum Gasteiger partial charge on any atom is 0.251 e. The van der Waals surface area contributed by atoms with Gasteiger partial charge in [-0.05, 0) is 23.9 Å². The lowest BCUT2D eigenvalue weighted by molar-refractivity contribution is -0.138. The number of rotatable bonds is 3. The molecular formula is C18H21N3O3. The van der Waals surface area contributed by atoms with Crippen LogP contribution in [0.2, 0.25) is 0 Å². The van der Waals surface area contributed by atoms with E-state index in [2.05, 4.69) is 4.98 Å². The van der Waals surface area contributed by atoms with Gasteiger partial charge in [0.2, 0.25) is 11.8 Å².